The van der Waals surface area contributed by atoms with Gasteiger partial charge in [0, 0.05) is 17.1 Å². The maximum Gasteiger partial charge on any atom is 0.237 e. The van der Waals surface area contributed by atoms with Gasteiger partial charge in [0.2, 0.25) is 5.91 Å². The van der Waals surface area contributed by atoms with Crippen molar-refractivity contribution in [1.82, 2.24) is 0 Å². The molecule has 2 nitrogen and oxygen atoms in total. The van der Waals surface area contributed by atoms with E-state index in [1.807, 2.05) is 11.0 Å². The average Bonchev–Trinajstić information content (AvgIpc) is 2.53. The zero-order valence-electron chi connectivity index (χ0n) is 13.1. The lowest BCUT2D eigenvalue weighted by Crippen LogP contribution is -2.36. The summed E-state index contributed by atoms with van der Waals surface area (Å²) in [7, 11) is 0. The van der Waals surface area contributed by atoms with Crippen molar-refractivity contribution in [3.63, 3.8) is 0 Å². The Balaban J connectivity index is 1.70. The Morgan fingerprint density at radius 2 is 2.00 bits per heavy atom. The van der Waals surface area contributed by atoms with E-state index >= 15 is 0 Å². The Morgan fingerprint density at radius 1 is 1.18 bits per heavy atom. The molecule has 1 heterocycles. The van der Waals surface area contributed by atoms with Crippen LogP contribution in [0.3, 0.4) is 0 Å². The summed E-state index contributed by atoms with van der Waals surface area (Å²) in [6.45, 7) is 5.04. The van der Waals surface area contributed by atoms with Crippen molar-refractivity contribution in [3.8, 4) is 0 Å². The minimum atomic E-state index is 0.206. The summed E-state index contributed by atoms with van der Waals surface area (Å²) in [5, 5.41) is 0. The molecule has 0 saturated heterocycles. The second-order valence-corrected chi connectivity index (χ2v) is 6.85. The van der Waals surface area contributed by atoms with Crippen molar-refractivity contribution in [2.24, 2.45) is 0 Å². The molecule has 0 aliphatic carbocycles. The number of para-hydroxylation sites is 1. The van der Waals surface area contributed by atoms with Crippen LogP contribution < -0.4 is 4.90 Å². The molecule has 3 rings (SSSR count). The topological polar surface area (TPSA) is 20.3 Å². The second kappa shape index (κ2) is 6.57. The van der Waals surface area contributed by atoms with E-state index in [0.29, 0.717) is 5.75 Å². The standard InChI is InChI=1S/C19H21NOS/c1-14-9-10-18(15(2)12-14)22-13-19(21)20-11-5-7-16-6-3-4-8-17(16)20/h3-4,6,8-10,12H,5,7,11,13H2,1-2H3. The molecule has 1 aliphatic rings. The Kier molecular flexibility index (Phi) is 4.53. The third kappa shape index (κ3) is 3.20. The molecule has 0 saturated carbocycles. The van der Waals surface area contributed by atoms with Gasteiger partial charge < -0.3 is 4.90 Å². The van der Waals surface area contributed by atoms with E-state index in [4.69, 9.17) is 0 Å². The van der Waals surface area contributed by atoms with E-state index in [-0.39, 0.29) is 5.91 Å². The largest absolute Gasteiger partial charge is 0.311 e. The summed E-state index contributed by atoms with van der Waals surface area (Å²) in [5.74, 6) is 0.704. The van der Waals surface area contributed by atoms with Crippen LogP contribution in [0.2, 0.25) is 0 Å². The van der Waals surface area contributed by atoms with Gasteiger partial charge in [-0.3, -0.25) is 4.79 Å². The number of aryl methyl sites for hydroxylation is 3. The molecule has 2 aromatic rings. The lowest BCUT2D eigenvalue weighted by Gasteiger charge is -2.29. The lowest BCUT2D eigenvalue weighted by molar-refractivity contribution is -0.116. The number of benzene rings is 2. The lowest BCUT2D eigenvalue weighted by atomic mass is 10.0. The highest BCUT2D eigenvalue weighted by molar-refractivity contribution is 8.00. The molecule has 2 aromatic carbocycles. The number of carbonyl (C=O) groups is 1. The van der Waals surface area contributed by atoms with Crippen LogP contribution in [0.5, 0.6) is 0 Å². The molecule has 0 unspecified atom stereocenters. The first-order valence-electron chi connectivity index (χ1n) is 7.73. The molecule has 0 N–H and O–H groups in total. The van der Waals surface area contributed by atoms with Crippen LogP contribution in [0.25, 0.3) is 0 Å². The van der Waals surface area contributed by atoms with Crippen LogP contribution in [-0.2, 0) is 11.2 Å². The number of nitrogens with zero attached hydrogens (tertiary/aromatic N) is 1. The van der Waals surface area contributed by atoms with Gasteiger partial charge in [-0.05, 0) is 49.9 Å². The van der Waals surface area contributed by atoms with Crippen molar-refractivity contribution in [2.75, 3.05) is 17.2 Å². The van der Waals surface area contributed by atoms with Gasteiger partial charge in [-0.1, -0.05) is 35.9 Å². The van der Waals surface area contributed by atoms with Gasteiger partial charge in [0.05, 0.1) is 5.75 Å². The minimum Gasteiger partial charge on any atom is -0.311 e. The Bertz CT molecular complexity index is 696. The van der Waals surface area contributed by atoms with Gasteiger partial charge >= 0.3 is 0 Å². The number of carbonyl (C=O) groups excluding carboxylic acids is 1. The summed E-state index contributed by atoms with van der Waals surface area (Å²) in [6.07, 6.45) is 2.13. The smallest absolute Gasteiger partial charge is 0.237 e. The normalized spacial score (nSPS) is 13.8. The molecule has 0 fully saturated rings. The third-order valence-corrected chi connectivity index (χ3v) is 5.25. The van der Waals surface area contributed by atoms with E-state index in [0.717, 1.165) is 25.1 Å². The summed E-state index contributed by atoms with van der Waals surface area (Å²) in [6, 6.07) is 14.7. The quantitative estimate of drug-likeness (QED) is 0.784. The molecule has 0 radical (unpaired) electrons. The van der Waals surface area contributed by atoms with Crippen LogP contribution >= 0.6 is 11.8 Å². The molecular formula is C19H21NOS. The first kappa shape index (κ1) is 15.2. The van der Waals surface area contributed by atoms with Crippen LogP contribution in [0.1, 0.15) is 23.1 Å². The average molecular weight is 311 g/mol. The van der Waals surface area contributed by atoms with Crippen molar-refractivity contribution in [1.29, 1.82) is 0 Å². The summed E-state index contributed by atoms with van der Waals surface area (Å²) in [4.78, 5) is 15.8. The fourth-order valence-electron chi connectivity index (χ4n) is 2.97. The van der Waals surface area contributed by atoms with Gasteiger partial charge in [-0.2, -0.15) is 0 Å². The molecule has 1 aliphatic heterocycles. The fraction of sp³-hybridized carbons (Fsp3) is 0.316. The van der Waals surface area contributed by atoms with Gasteiger partial charge in [0.1, 0.15) is 0 Å². The van der Waals surface area contributed by atoms with Crippen molar-refractivity contribution < 1.29 is 4.79 Å². The fourth-order valence-corrected chi connectivity index (χ4v) is 3.86. The molecule has 22 heavy (non-hydrogen) atoms. The predicted molar refractivity (Wildman–Crippen MR) is 93.8 cm³/mol. The number of anilines is 1. The molecule has 0 atom stereocenters. The van der Waals surface area contributed by atoms with Crippen molar-refractivity contribution in [2.45, 2.75) is 31.6 Å². The first-order valence-corrected chi connectivity index (χ1v) is 8.72. The molecule has 0 spiro atoms. The Labute approximate surface area is 136 Å². The maximum absolute atomic E-state index is 12.6. The summed E-state index contributed by atoms with van der Waals surface area (Å²) in [5.41, 5.74) is 4.90. The number of hydrogen-bond donors (Lipinski definition) is 0. The van der Waals surface area contributed by atoms with E-state index in [2.05, 4.69) is 50.2 Å². The molecule has 0 aromatic heterocycles. The zero-order chi connectivity index (χ0) is 15.5. The maximum atomic E-state index is 12.6. The molecular weight excluding hydrogens is 290 g/mol. The van der Waals surface area contributed by atoms with E-state index in [1.54, 1.807) is 11.8 Å². The van der Waals surface area contributed by atoms with Gasteiger partial charge in [-0.25, -0.2) is 0 Å². The van der Waals surface area contributed by atoms with Gasteiger partial charge in [-0.15, -0.1) is 11.8 Å². The number of thioether (sulfide) groups is 1. The van der Waals surface area contributed by atoms with Gasteiger partial charge in [0.15, 0.2) is 0 Å². The second-order valence-electron chi connectivity index (χ2n) is 5.84. The zero-order valence-corrected chi connectivity index (χ0v) is 14.0. The monoisotopic (exact) mass is 311 g/mol. The van der Waals surface area contributed by atoms with Crippen LogP contribution in [0.15, 0.2) is 47.4 Å². The number of amides is 1. The Hall–Kier alpha value is -1.74. The van der Waals surface area contributed by atoms with Crippen LogP contribution in [0, 0.1) is 13.8 Å². The van der Waals surface area contributed by atoms with Gasteiger partial charge in [0.25, 0.3) is 0 Å². The SMILES string of the molecule is Cc1ccc(SCC(=O)N2CCCc3ccccc32)c(C)c1. The highest BCUT2D eigenvalue weighted by atomic mass is 32.2. The Morgan fingerprint density at radius 3 is 2.82 bits per heavy atom. The van der Waals surface area contributed by atoms with E-state index in [1.165, 1.54) is 21.6 Å². The summed E-state index contributed by atoms with van der Waals surface area (Å²) < 4.78 is 0. The predicted octanol–water partition coefficient (Wildman–Crippen LogP) is 4.37. The van der Waals surface area contributed by atoms with E-state index in [9.17, 15) is 4.79 Å². The van der Waals surface area contributed by atoms with Crippen molar-refractivity contribution in [3.05, 3.63) is 59.2 Å². The van der Waals surface area contributed by atoms with Crippen LogP contribution in [0.4, 0.5) is 5.69 Å². The van der Waals surface area contributed by atoms with E-state index < -0.39 is 0 Å². The first-order chi connectivity index (χ1) is 10.6. The third-order valence-electron chi connectivity index (χ3n) is 4.09. The minimum absolute atomic E-state index is 0.206. The molecule has 114 valence electrons. The molecule has 1 amide bonds. The number of rotatable bonds is 3. The number of fused-ring (bicyclic) bond motifs is 1. The molecule has 3 heteroatoms. The van der Waals surface area contributed by atoms with Crippen LogP contribution in [-0.4, -0.2) is 18.2 Å². The highest BCUT2D eigenvalue weighted by Crippen LogP contribution is 2.29. The molecule has 0 bridgehead atoms. The van der Waals surface area contributed by atoms with Crippen molar-refractivity contribution >= 4 is 23.4 Å². The summed E-state index contributed by atoms with van der Waals surface area (Å²) >= 11 is 1.64. The highest BCUT2D eigenvalue weighted by Gasteiger charge is 2.22. The number of hydrogen-bond acceptors (Lipinski definition) is 2.